The largest absolute Gasteiger partial charge is 0.497 e. The molecule has 2 unspecified atom stereocenters. The van der Waals surface area contributed by atoms with Gasteiger partial charge in [-0.3, -0.25) is 9.20 Å². The number of likely N-dealkylation sites (tertiary alicyclic amines) is 1. The van der Waals surface area contributed by atoms with Gasteiger partial charge >= 0.3 is 0 Å². The van der Waals surface area contributed by atoms with Gasteiger partial charge in [0.2, 0.25) is 0 Å². The van der Waals surface area contributed by atoms with Crippen LogP contribution in [0.25, 0.3) is 0 Å². The Bertz CT molecular complexity index is 851. The van der Waals surface area contributed by atoms with Crippen LogP contribution in [0.15, 0.2) is 53.5 Å². The monoisotopic (exact) mass is 429 g/mol. The molecule has 0 aliphatic carbocycles. The van der Waals surface area contributed by atoms with Gasteiger partial charge in [-0.15, -0.1) is 0 Å². The van der Waals surface area contributed by atoms with Gasteiger partial charge in [0.05, 0.1) is 14.2 Å². The molecule has 2 atom stereocenters. The van der Waals surface area contributed by atoms with E-state index >= 15 is 0 Å². The van der Waals surface area contributed by atoms with Crippen LogP contribution in [0, 0.1) is 0 Å². The van der Waals surface area contributed by atoms with E-state index in [0.717, 1.165) is 42.5 Å². The fraction of sp³-hybridized carbons (Fsp3) is 0.435. The number of benzene rings is 2. The molecule has 1 aliphatic rings. The molecular weight excluding hydrogens is 398 g/mol. The number of aliphatic imine (C=N–C) groups is 1. The van der Waals surface area contributed by atoms with Crippen molar-refractivity contribution in [3.05, 3.63) is 59.7 Å². The first-order valence-electron chi connectivity index (χ1n) is 10.2. The predicted molar refractivity (Wildman–Crippen MR) is 123 cm³/mol. The second kappa shape index (κ2) is 11.0. The Morgan fingerprint density at radius 1 is 1.17 bits per heavy atom. The number of nitrogens with zero attached hydrogens (tertiary/aromatic N) is 2. The third kappa shape index (κ3) is 5.98. The maximum absolute atomic E-state index is 12.4. The van der Waals surface area contributed by atoms with Gasteiger partial charge in [-0.25, -0.2) is 0 Å². The molecule has 2 aromatic rings. The molecule has 0 spiro atoms. The molecule has 0 saturated carbocycles. The van der Waals surface area contributed by atoms with Crippen LogP contribution < -0.4 is 14.8 Å². The molecule has 1 N–H and O–H groups in total. The van der Waals surface area contributed by atoms with Crippen molar-refractivity contribution in [3.8, 4) is 11.5 Å². The average Bonchev–Trinajstić information content (AvgIpc) is 3.27. The molecule has 3 rings (SSSR count). The van der Waals surface area contributed by atoms with E-state index in [9.17, 15) is 4.21 Å². The first kappa shape index (κ1) is 22.2. The van der Waals surface area contributed by atoms with E-state index in [4.69, 9.17) is 9.47 Å². The van der Waals surface area contributed by atoms with E-state index in [1.807, 2.05) is 36.4 Å². The van der Waals surface area contributed by atoms with Crippen LogP contribution in [0.2, 0.25) is 0 Å². The summed E-state index contributed by atoms with van der Waals surface area (Å²) in [7, 11) is 4.25. The summed E-state index contributed by atoms with van der Waals surface area (Å²) in [5.41, 5.74) is 2.32. The topological polar surface area (TPSA) is 63.2 Å². The average molecular weight is 430 g/mol. The van der Waals surface area contributed by atoms with Crippen LogP contribution in [-0.4, -0.2) is 61.7 Å². The number of methoxy groups -OCH3 is 2. The van der Waals surface area contributed by atoms with Crippen molar-refractivity contribution in [1.82, 2.24) is 10.2 Å². The lowest BCUT2D eigenvalue weighted by Crippen LogP contribution is -2.41. The van der Waals surface area contributed by atoms with Crippen molar-refractivity contribution in [2.24, 2.45) is 4.99 Å². The molecule has 1 aliphatic heterocycles. The smallest absolute Gasteiger partial charge is 0.193 e. The molecule has 30 heavy (non-hydrogen) atoms. The van der Waals surface area contributed by atoms with Crippen molar-refractivity contribution >= 4 is 16.8 Å². The summed E-state index contributed by atoms with van der Waals surface area (Å²) in [5.74, 6) is 4.06. The Kier molecular flexibility index (Phi) is 8.13. The fourth-order valence-corrected chi connectivity index (χ4v) is 4.77. The van der Waals surface area contributed by atoms with Crippen LogP contribution >= 0.6 is 0 Å². The third-order valence-electron chi connectivity index (χ3n) is 5.33. The lowest BCUT2D eigenvalue weighted by molar-refractivity contribution is 0.392. The van der Waals surface area contributed by atoms with E-state index in [2.05, 4.69) is 27.3 Å². The highest BCUT2D eigenvalue weighted by molar-refractivity contribution is 7.84. The fourth-order valence-electron chi connectivity index (χ4n) is 3.73. The highest BCUT2D eigenvalue weighted by atomic mass is 32.2. The lowest BCUT2D eigenvalue weighted by atomic mass is 9.98. The van der Waals surface area contributed by atoms with Crippen LogP contribution in [0.1, 0.15) is 23.5 Å². The van der Waals surface area contributed by atoms with Crippen LogP contribution in [0.3, 0.4) is 0 Å². The number of guanidine groups is 1. The number of nitrogens with one attached hydrogen (secondary N) is 1. The zero-order valence-electron chi connectivity index (χ0n) is 18.0. The van der Waals surface area contributed by atoms with Crippen molar-refractivity contribution < 1.29 is 13.7 Å². The predicted octanol–water partition coefficient (Wildman–Crippen LogP) is 3.02. The number of ether oxygens (including phenoxy) is 2. The Balaban J connectivity index is 1.51. The maximum Gasteiger partial charge on any atom is 0.193 e. The van der Waals surface area contributed by atoms with Gasteiger partial charge in [0, 0.05) is 61.0 Å². The van der Waals surface area contributed by atoms with Gasteiger partial charge in [0.1, 0.15) is 11.5 Å². The molecule has 162 valence electrons. The lowest BCUT2D eigenvalue weighted by Gasteiger charge is -2.22. The molecule has 1 saturated heterocycles. The van der Waals surface area contributed by atoms with Crippen molar-refractivity contribution in [3.63, 3.8) is 0 Å². The summed E-state index contributed by atoms with van der Waals surface area (Å²) in [6, 6.07) is 16.0. The van der Waals surface area contributed by atoms with E-state index < -0.39 is 10.8 Å². The number of hydrogen-bond donors (Lipinski definition) is 1. The van der Waals surface area contributed by atoms with Gasteiger partial charge in [-0.1, -0.05) is 30.3 Å². The zero-order valence-corrected chi connectivity index (χ0v) is 18.8. The van der Waals surface area contributed by atoms with Gasteiger partial charge in [-0.05, 0) is 29.7 Å². The highest BCUT2D eigenvalue weighted by Gasteiger charge is 2.26. The minimum absolute atomic E-state index is 0.389. The van der Waals surface area contributed by atoms with Gasteiger partial charge < -0.3 is 19.7 Å². The minimum Gasteiger partial charge on any atom is -0.497 e. The Morgan fingerprint density at radius 3 is 2.50 bits per heavy atom. The second-order valence-electron chi connectivity index (χ2n) is 7.33. The highest BCUT2D eigenvalue weighted by Crippen LogP contribution is 2.32. The van der Waals surface area contributed by atoms with Gasteiger partial charge in [0.25, 0.3) is 0 Å². The van der Waals surface area contributed by atoms with Crippen molar-refractivity contribution in [1.29, 1.82) is 0 Å². The molecule has 0 radical (unpaired) electrons. The summed E-state index contributed by atoms with van der Waals surface area (Å²) >= 11 is 0. The molecule has 0 aromatic heterocycles. The molecule has 1 heterocycles. The summed E-state index contributed by atoms with van der Waals surface area (Å²) in [6.07, 6.45) is 1.04. The number of rotatable bonds is 8. The SMILES string of the molecule is CN=C(NCCS(=O)Cc1ccccc1)N1CCC(c2cc(OC)cc(OC)c2)C1. The van der Waals surface area contributed by atoms with Crippen molar-refractivity contribution in [2.75, 3.05) is 46.7 Å². The zero-order chi connectivity index (χ0) is 21.3. The second-order valence-corrected chi connectivity index (χ2v) is 8.90. The Hall–Kier alpha value is -2.54. The first-order valence-corrected chi connectivity index (χ1v) is 11.7. The van der Waals surface area contributed by atoms with E-state index in [0.29, 0.717) is 24.0 Å². The van der Waals surface area contributed by atoms with E-state index in [-0.39, 0.29) is 0 Å². The normalized spacial score (nSPS) is 17.6. The standard InChI is InChI=1S/C23H31N3O3S/c1-24-23(25-10-12-30(27)17-18-7-5-4-6-8-18)26-11-9-19(16-26)20-13-21(28-2)15-22(14-20)29-3/h4-8,13-15,19H,9-12,16-17H2,1-3H3,(H,24,25). The maximum atomic E-state index is 12.4. The first-order chi connectivity index (χ1) is 14.6. The van der Waals surface area contributed by atoms with Gasteiger partial charge in [-0.2, -0.15) is 0 Å². The molecule has 7 heteroatoms. The quantitative estimate of drug-likeness (QED) is 0.516. The van der Waals surface area contributed by atoms with Crippen LogP contribution in [0.4, 0.5) is 0 Å². The summed E-state index contributed by atoms with van der Waals surface area (Å²) in [6.45, 7) is 2.44. The minimum atomic E-state index is -0.899. The molecule has 1 fully saturated rings. The van der Waals surface area contributed by atoms with E-state index in [1.165, 1.54) is 5.56 Å². The summed E-state index contributed by atoms with van der Waals surface area (Å²) < 4.78 is 23.2. The summed E-state index contributed by atoms with van der Waals surface area (Å²) in [5, 5.41) is 3.38. The Labute approximate surface area is 181 Å². The molecule has 2 aromatic carbocycles. The van der Waals surface area contributed by atoms with Crippen LogP contribution in [-0.2, 0) is 16.6 Å². The third-order valence-corrected chi connectivity index (χ3v) is 6.64. The number of hydrogen-bond acceptors (Lipinski definition) is 4. The Morgan fingerprint density at radius 2 is 1.87 bits per heavy atom. The molecule has 6 nitrogen and oxygen atoms in total. The molecular formula is C23H31N3O3S. The van der Waals surface area contributed by atoms with E-state index in [1.54, 1.807) is 21.3 Å². The molecule has 0 amide bonds. The van der Waals surface area contributed by atoms with Crippen molar-refractivity contribution in [2.45, 2.75) is 18.1 Å². The van der Waals surface area contributed by atoms with Crippen LogP contribution in [0.5, 0.6) is 11.5 Å². The van der Waals surface area contributed by atoms with Gasteiger partial charge in [0.15, 0.2) is 5.96 Å². The molecule has 0 bridgehead atoms. The summed E-state index contributed by atoms with van der Waals surface area (Å²) in [4.78, 5) is 6.69.